The van der Waals surface area contributed by atoms with Crippen molar-refractivity contribution in [3.05, 3.63) is 83.4 Å². The Bertz CT molecular complexity index is 1070. The van der Waals surface area contributed by atoms with Crippen molar-refractivity contribution in [2.45, 2.75) is 31.7 Å². The third kappa shape index (κ3) is 5.43. The second-order valence-corrected chi connectivity index (χ2v) is 9.07. The van der Waals surface area contributed by atoms with Crippen LogP contribution in [0.4, 0.5) is 5.69 Å². The van der Waals surface area contributed by atoms with Gasteiger partial charge in [0.2, 0.25) is 0 Å². The SMILES string of the molecule is Cl.Oc1ccc(N2CCc3cc(O)ccc3C2c2ccc(OCCN3CCCCC3)cc2)cc1. The lowest BCUT2D eigenvalue weighted by Gasteiger charge is -2.39. The van der Waals surface area contributed by atoms with Crippen LogP contribution in [0.25, 0.3) is 0 Å². The van der Waals surface area contributed by atoms with Crippen LogP contribution in [-0.2, 0) is 6.42 Å². The van der Waals surface area contributed by atoms with Gasteiger partial charge in [0.05, 0.1) is 6.04 Å². The van der Waals surface area contributed by atoms with Crippen molar-refractivity contribution >= 4 is 18.1 Å². The van der Waals surface area contributed by atoms with E-state index in [1.54, 1.807) is 18.2 Å². The number of likely N-dealkylation sites (tertiary alicyclic amines) is 1. The molecular formula is C28H33ClN2O3. The molecule has 1 unspecified atom stereocenters. The highest BCUT2D eigenvalue weighted by Gasteiger charge is 2.29. The molecule has 5 nitrogen and oxygen atoms in total. The Balaban J connectivity index is 0.00000274. The van der Waals surface area contributed by atoms with Gasteiger partial charge in [0.15, 0.2) is 0 Å². The van der Waals surface area contributed by atoms with Gasteiger partial charge in [-0.05, 0) is 97.6 Å². The highest BCUT2D eigenvalue weighted by Crippen LogP contribution is 2.40. The maximum atomic E-state index is 10.0. The van der Waals surface area contributed by atoms with Crippen molar-refractivity contribution in [2.24, 2.45) is 0 Å². The summed E-state index contributed by atoms with van der Waals surface area (Å²) >= 11 is 0. The predicted octanol–water partition coefficient (Wildman–Crippen LogP) is 5.54. The van der Waals surface area contributed by atoms with Gasteiger partial charge in [0.1, 0.15) is 23.9 Å². The van der Waals surface area contributed by atoms with Crippen molar-refractivity contribution in [1.82, 2.24) is 4.90 Å². The van der Waals surface area contributed by atoms with E-state index in [2.05, 4.69) is 34.1 Å². The van der Waals surface area contributed by atoms with Crippen molar-refractivity contribution in [3.8, 4) is 17.2 Å². The van der Waals surface area contributed by atoms with Gasteiger partial charge in [0, 0.05) is 18.8 Å². The molecule has 2 N–H and O–H groups in total. The molecule has 5 rings (SSSR count). The zero-order valence-electron chi connectivity index (χ0n) is 19.4. The number of anilines is 1. The minimum Gasteiger partial charge on any atom is -0.508 e. The first-order valence-corrected chi connectivity index (χ1v) is 12.0. The Kier molecular flexibility index (Phi) is 7.86. The number of fused-ring (bicyclic) bond motifs is 1. The minimum absolute atomic E-state index is 0. The highest BCUT2D eigenvalue weighted by molar-refractivity contribution is 5.85. The molecule has 0 spiro atoms. The van der Waals surface area contributed by atoms with Gasteiger partial charge in [-0.15, -0.1) is 12.4 Å². The van der Waals surface area contributed by atoms with E-state index in [4.69, 9.17) is 4.74 Å². The molecule has 34 heavy (non-hydrogen) atoms. The third-order valence-corrected chi connectivity index (χ3v) is 6.86. The van der Waals surface area contributed by atoms with E-state index < -0.39 is 0 Å². The van der Waals surface area contributed by atoms with Crippen LogP contribution in [0.5, 0.6) is 17.2 Å². The van der Waals surface area contributed by atoms with Crippen LogP contribution < -0.4 is 9.64 Å². The molecule has 0 aromatic heterocycles. The molecule has 6 heteroatoms. The van der Waals surface area contributed by atoms with Crippen molar-refractivity contribution in [2.75, 3.05) is 37.7 Å². The predicted molar refractivity (Wildman–Crippen MR) is 139 cm³/mol. The number of phenolic OH excluding ortho intramolecular Hbond substituents is 2. The summed E-state index contributed by atoms with van der Waals surface area (Å²) in [5.74, 6) is 1.47. The number of hydrogen-bond donors (Lipinski definition) is 2. The smallest absolute Gasteiger partial charge is 0.119 e. The molecule has 0 saturated carbocycles. The van der Waals surface area contributed by atoms with E-state index in [0.29, 0.717) is 12.4 Å². The quantitative estimate of drug-likeness (QED) is 0.485. The molecule has 0 amide bonds. The molecule has 2 heterocycles. The Hall–Kier alpha value is -2.89. The van der Waals surface area contributed by atoms with E-state index in [9.17, 15) is 10.2 Å². The average molecular weight is 481 g/mol. The van der Waals surface area contributed by atoms with Crippen molar-refractivity contribution < 1.29 is 14.9 Å². The Labute approximate surface area is 208 Å². The van der Waals surface area contributed by atoms with Gasteiger partial charge in [-0.3, -0.25) is 4.90 Å². The molecule has 1 saturated heterocycles. The molecule has 1 atom stereocenters. The molecule has 1 fully saturated rings. The van der Waals surface area contributed by atoms with Gasteiger partial charge in [-0.2, -0.15) is 0 Å². The summed E-state index contributed by atoms with van der Waals surface area (Å²) in [6.45, 7) is 4.90. The topological polar surface area (TPSA) is 56.2 Å². The zero-order valence-corrected chi connectivity index (χ0v) is 20.2. The van der Waals surface area contributed by atoms with Crippen molar-refractivity contribution in [3.63, 3.8) is 0 Å². The molecule has 0 bridgehead atoms. The van der Waals surface area contributed by atoms with Crippen LogP contribution in [0.3, 0.4) is 0 Å². The number of aromatic hydroxyl groups is 2. The van der Waals surface area contributed by atoms with Crippen LogP contribution in [0.2, 0.25) is 0 Å². The molecule has 0 radical (unpaired) electrons. The molecule has 2 aliphatic rings. The number of phenols is 2. The molecule has 3 aromatic rings. The molecule has 0 aliphatic carbocycles. The maximum absolute atomic E-state index is 10.0. The first-order chi connectivity index (χ1) is 16.2. The summed E-state index contributed by atoms with van der Waals surface area (Å²) in [5.41, 5.74) is 4.62. The lowest BCUT2D eigenvalue weighted by atomic mass is 9.87. The molecule has 180 valence electrons. The van der Waals surface area contributed by atoms with E-state index in [1.807, 2.05) is 24.3 Å². The van der Waals surface area contributed by atoms with Crippen molar-refractivity contribution in [1.29, 1.82) is 0 Å². The first kappa shape index (κ1) is 24.2. The number of ether oxygens (including phenoxy) is 1. The fourth-order valence-corrected chi connectivity index (χ4v) is 5.12. The monoisotopic (exact) mass is 480 g/mol. The van der Waals surface area contributed by atoms with Gasteiger partial charge in [-0.1, -0.05) is 24.6 Å². The number of piperidine rings is 1. The fourth-order valence-electron chi connectivity index (χ4n) is 5.12. The second kappa shape index (κ2) is 11.0. The van der Waals surface area contributed by atoms with E-state index >= 15 is 0 Å². The zero-order chi connectivity index (χ0) is 22.6. The molecule has 3 aromatic carbocycles. The van der Waals surface area contributed by atoms with Gasteiger partial charge < -0.3 is 19.8 Å². The summed E-state index contributed by atoms with van der Waals surface area (Å²) in [6.07, 6.45) is 4.81. The Morgan fingerprint density at radius 3 is 2.24 bits per heavy atom. The van der Waals surface area contributed by atoms with Crippen LogP contribution in [0.15, 0.2) is 66.7 Å². The fraction of sp³-hybridized carbons (Fsp3) is 0.357. The Morgan fingerprint density at radius 2 is 1.50 bits per heavy atom. The molecular weight excluding hydrogens is 448 g/mol. The molecule has 2 aliphatic heterocycles. The summed E-state index contributed by atoms with van der Waals surface area (Å²) in [4.78, 5) is 4.85. The number of halogens is 1. The third-order valence-electron chi connectivity index (χ3n) is 6.86. The summed E-state index contributed by atoms with van der Waals surface area (Å²) in [6, 6.07) is 21.5. The first-order valence-electron chi connectivity index (χ1n) is 12.0. The maximum Gasteiger partial charge on any atom is 0.119 e. The Morgan fingerprint density at radius 1 is 0.794 bits per heavy atom. The number of hydrogen-bond acceptors (Lipinski definition) is 5. The average Bonchev–Trinajstić information content (AvgIpc) is 2.85. The standard InChI is InChI=1S/C28H32N2O3.ClH/c31-24-8-6-23(7-9-24)30-17-14-22-20-25(32)10-13-27(22)28(30)21-4-11-26(12-5-21)33-19-18-29-15-2-1-3-16-29;/h4-13,20,28,31-32H,1-3,14-19H2;1H. The van der Waals surface area contributed by atoms with Crippen LogP contribution in [0, 0.1) is 0 Å². The number of rotatable bonds is 6. The lowest BCUT2D eigenvalue weighted by Crippen LogP contribution is -2.36. The second-order valence-electron chi connectivity index (χ2n) is 9.07. The summed E-state index contributed by atoms with van der Waals surface area (Å²) in [7, 11) is 0. The van der Waals surface area contributed by atoms with E-state index in [1.165, 1.54) is 49.0 Å². The van der Waals surface area contributed by atoms with Crippen LogP contribution in [0.1, 0.15) is 42.0 Å². The van der Waals surface area contributed by atoms with Gasteiger partial charge >= 0.3 is 0 Å². The van der Waals surface area contributed by atoms with E-state index in [-0.39, 0.29) is 24.2 Å². The van der Waals surface area contributed by atoms with Crippen LogP contribution in [-0.4, -0.2) is 47.9 Å². The van der Waals surface area contributed by atoms with E-state index in [0.717, 1.165) is 30.9 Å². The minimum atomic E-state index is 0. The summed E-state index contributed by atoms with van der Waals surface area (Å²) < 4.78 is 6.04. The van der Waals surface area contributed by atoms with Crippen LogP contribution >= 0.6 is 12.4 Å². The summed E-state index contributed by atoms with van der Waals surface area (Å²) in [5, 5.41) is 19.8. The van der Waals surface area contributed by atoms with Gasteiger partial charge in [0.25, 0.3) is 0 Å². The number of nitrogens with zero attached hydrogens (tertiary/aromatic N) is 2. The largest absolute Gasteiger partial charge is 0.508 e. The van der Waals surface area contributed by atoms with Gasteiger partial charge in [-0.25, -0.2) is 0 Å². The highest BCUT2D eigenvalue weighted by atomic mass is 35.5. The lowest BCUT2D eigenvalue weighted by molar-refractivity contribution is 0.183. The normalized spacial score (nSPS) is 18.1. The number of benzene rings is 3.